The number of epoxide rings is 1. The quantitative estimate of drug-likeness (QED) is 0.123. The monoisotopic (exact) mass is 602 g/mol. The van der Waals surface area contributed by atoms with Crippen LogP contribution in [-0.4, -0.2) is 71.0 Å². The topological polar surface area (TPSA) is 180 Å². The van der Waals surface area contributed by atoms with Crippen LogP contribution in [0.4, 0.5) is 5.69 Å². The highest BCUT2D eigenvalue weighted by atomic mass is 16.6. The lowest BCUT2D eigenvalue weighted by Gasteiger charge is -2.25. The first-order valence-electron chi connectivity index (χ1n) is 14.1. The molecule has 0 aliphatic carbocycles. The Morgan fingerprint density at radius 2 is 1.55 bits per heavy atom. The van der Waals surface area contributed by atoms with Crippen LogP contribution in [0.1, 0.15) is 41.0 Å². The number of aliphatic hydroxyl groups is 1. The standard InChI is InChI=1S/C32H34N4O8/c1-20(2)15-26(28(38)32(18-37)19-44-32)34-31(41)27(17-33-29(39)22-11-13-25(14-12-22)36(42)43)35-30(40)24-10-6-9-23(16-24)21-7-4-3-5-8-21/h3-14,16,20,26-27,37H,15,17-19H2,1-2H3,(H,33,39)(H,34,41)(H,35,40). The van der Waals surface area contributed by atoms with E-state index in [1.54, 1.807) is 18.2 Å². The minimum atomic E-state index is -1.37. The van der Waals surface area contributed by atoms with Crippen molar-refractivity contribution in [2.45, 2.75) is 38.0 Å². The predicted molar refractivity (Wildman–Crippen MR) is 161 cm³/mol. The average Bonchev–Trinajstić information content (AvgIpc) is 3.84. The second-order valence-electron chi connectivity index (χ2n) is 11.0. The Morgan fingerprint density at radius 3 is 2.14 bits per heavy atom. The molecule has 1 aliphatic heterocycles. The highest BCUT2D eigenvalue weighted by molar-refractivity contribution is 6.01. The summed E-state index contributed by atoms with van der Waals surface area (Å²) in [6.45, 7) is 2.90. The highest BCUT2D eigenvalue weighted by Crippen LogP contribution is 2.30. The lowest BCUT2D eigenvalue weighted by atomic mass is 9.92. The molecule has 0 bridgehead atoms. The molecule has 44 heavy (non-hydrogen) atoms. The van der Waals surface area contributed by atoms with Gasteiger partial charge in [-0.2, -0.15) is 0 Å². The lowest BCUT2D eigenvalue weighted by Crippen LogP contribution is -2.57. The molecule has 12 heteroatoms. The molecule has 4 N–H and O–H groups in total. The highest BCUT2D eigenvalue weighted by Gasteiger charge is 2.54. The van der Waals surface area contributed by atoms with Crippen molar-refractivity contribution in [2.75, 3.05) is 19.8 Å². The Kier molecular flexibility index (Phi) is 10.2. The number of benzene rings is 3. The number of nitro benzene ring substituents is 1. The van der Waals surface area contributed by atoms with Gasteiger partial charge >= 0.3 is 0 Å². The van der Waals surface area contributed by atoms with Crippen LogP contribution in [0.25, 0.3) is 11.1 Å². The van der Waals surface area contributed by atoms with Crippen LogP contribution in [0.3, 0.4) is 0 Å². The maximum atomic E-state index is 13.6. The summed E-state index contributed by atoms with van der Waals surface area (Å²) in [4.78, 5) is 63.4. The number of nitrogens with one attached hydrogen (secondary N) is 3. The van der Waals surface area contributed by atoms with Gasteiger partial charge < -0.3 is 25.8 Å². The lowest BCUT2D eigenvalue weighted by molar-refractivity contribution is -0.384. The number of aliphatic hydroxyl groups excluding tert-OH is 1. The fourth-order valence-corrected chi connectivity index (χ4v) is 4.64. The van der Waals surface area contributed by atoms with Crippen molar-refractivity contribution in [3.05, 3.63) is 100 Å². The Balaban J connectivity index is 1.54. The number of ether oxygens (including phenoxy) is 1. The minimum absolute atomic E-state index is 0.00523. The van der Waals surface area contributed by atoms with Crippen molar-refractivity contribution in [1.82, 2.24) is 16.0 Å². The number of amides is 3. The number of hydrogen-bond acceptors (Lipinski definition) is 8. The third-order valence-corrected chi connectivity index (χ3v) is 7.20. The van der Waals surface area contributed by atoms with Crippen LogP contribution in [0, 0.1) is 16.0 Å². The summed E-state index contributed by atoms with van der Waals surface area (Å²) in [6, 6.07) is 18.8. The molecule has 1 aliphatic rings. The van der Waals surface area contributed by atoms with Gasteiger partial charge in [0.1, 0.15) is 6.04 Å². The third-order valence-electron chi connectivity index (χ3n) is 7.20. The number of nitrogens with zero attached hydrogens (tertiary/aromatic N) is 1. The second-order valence-corrected chi connectivity index (χ2v) is 11.0. The fraction of sp³-hybridized carbons (Fsp3) is 0.312. The van der Waals surface area contributed by atoms with E-state index in [1.807, 2.05) is 50.2 Å². The van der Waals surface area contributed by atoms with Crippen molar-refractivity contribution in [1.29, 1.82) is 0 Å². The van der Waals surface area contributed by atoms with Crippen molar-refractivity contribution in [3.8, 4) is 11.1 Å². The van der Waals surface area contributed by atoms with Gasteiger partial charge in [0.25, 0.3) is 17.5 Å². The summed E-state index contributed by atoms with van der Waals surface area (Å²) in [5.74, 6) is -2.42. The van der Waals surface area contributed by atoms with E-state index in [1.165, 1.54) is 24.3 Å². The van der Waals surface area contributed by atoms with Crippen molar-refractivity contribution >= 4 is 29.2 Å². The van der Waals surface area contributed by atoms with Crippen molar-refractivity contribution < 1.29 is 33.9 Å². The maximum absolute atomic E-state index is 13.6. The average molecular weight is 603 g/mol. The van der Waals surface area contributed by atoms with E-state index in [0.717, 1.165) is 11.1 Å². The zero-order chi connectivity index (χ0) is 31.9. The van der Waals surface area contributed by atoms with Gasteiger partial charge in [0.2, 0.25) is 5.91 Å². The maximum Gasteiger partial charge on any atom is 0.269 e. The Labute approximate surface area is 254 Å². The summed E-state index contributed by atoms with van der Waals surface area (Å²) >= 11 is 0. The van der Waals surface area contributed by atoms with E-state index in [9.17, 15) is 34.4 Å². The number of ketones is 1. The van der Waals surface area contributed by atoms with E-state index in [0.29, 0.717) is 0 Å². The molecular formula is C32H34N4O8. The summed E-state index contributed by atoms with van der Waals surface area (Å²) < 4.78 is 5.21. The molecule has 0 spiro atoms. The van der Waals surface area contributed by atoms with Crippen molar-refractivity contribution in [2.24, 2.45) is 5.92 Å². The molecule has 1 fully saturated rings. The van der Waals surface area contributed by atoms with Gasteiger partial charge in [-0.3, -0.25) is 29.3 Å². The molecule has 3 aromatic rings. The normalized spacial score (nSPS) is 16.8. The first-order valence-corrected chi connectivity index (χ1v) is 14.1. The van der Waals surface area contributed by atoms with Gasteiger partial charge in [-0.15, -0.1) is 0 Å². The number of hydrogen-bond donors (Lipinski definition) is 4. The number of carbonyl (C=O) groups is 4. The smallest absolute Gasteiger partial charge is 0.269 e. The predicted octanol–water partition coefficient (Wildman–Crippen LogP) is 2.65. The van der Waals surface area contributed by atoms with Crippen LogP contribution in [0.15, 0.2) is 78.9 Å². The Bertz CT molecular complexity index is 1520. The Morgan fingerprint density at radius 1 is 0.886 bits per heavy atom. The van der Waals surface area contributed by atoms with Gasteiger partial charge in [-0.25, -0.2) is 0 Å². The van der Waals surface area contributed by atoms with Gasteiger partial charge in [0.15, 0.2) is 11.4 Å². The largest absolute Gasteiger partial charge is 0.393 e. The summed E-state index contributed by atoms with van der Waals surface area (Å²) in [5.41, 5.74) is 0.499. The number of non-ortho nitro benzene ring substituents is 1. The van der Waals surface area contributed by atoms with E-state index < -0.39 is 52.7 Å². The number of rotatable bonds is 14. The van der Waals surface area contributed by atoms with Gasteiger partial charge in [-0.05, 0) is 47.7 Å². The first-order chi connectivity index (χ1) is 21.0. The molecule has 3 atom stereocenters. The molecule has 3 unspecified atom stereocenters. The summed E-state index contributed by atoms with van der Waals surface area (Å²) in [6.07, 6.45) is 0.255. The number of carbonyl (C=O) groups excluding carboxylic acids is 4. The van der Waals surface area contributed by atoms with E-state index in [4.69, 9.17) is 4.74 Å². The van der Waals surface area contributed by atoms with Crippen LogP contribution in [0.2, 0.25) is 0 Å². The second kappa shape index (κ2) is 14.0. The molecule has 1 heterocycles. The Hall–Kier alpha value is -4.94. The van der Waals surface area contributed by atoms with Crippen molar-refractivity contribution in [3.63, 3.8) is 0 Å². The van der Waals surface area contributed by atoms with E-state index in [-0.39, 0.29) is 42.3 Å². The number of Topliss-reactive ketones (excluding diaryl/α,β-unsaturated/α-hetero) is 1. The number of nitro groups is 1. The first kappa shape index (κ1) is 32.0. The molecule has 0 radical (unpaired) electrons. The van der Waals surface area contributed by atoms with Crippen LogP contribution >= 0.6 is 0 Å². The zero-order valence-electron chi connectivity index (χ0n) is 24.3. The van der Waals surface area contributed by atoms with E-state index >= 15 is 0 Å². The fourth-order valence-electron chi connectivity index (χ4n) is 4.64. The third kappa shape index (κ3) is 7.91. The molecule has 0 saturated carbocycles. The molecule has 230 valence electrons. The molecular weight excluding hydrogens is 568 g/mol. The van der Waals surface area contributed by atoms with Crippen LogP contribution < -0.4 is 16.0 Å². The van der Waals surface area contributed by atoms with Crippen LogP contribution in [0.5, 0.6) is 0 Å². The zero-order valence-corrected chi connectivity index (χ0v) is 24.3. The molecule has 1 saturated heterocycles. The van der Waals surface area contributed by atoms with Gasteiger partial charge in [-0.1, -0.05) is 56.3 Å². The van der Waals surface area contributed by atoms with Gasteiger partial charge in [0.05, 0.1) is 24.2 Å². The molecule has 3 amide bonds. The molecule has 4 rings (SSSR count). The molecule has 0 aromatic heterocycles. The summed E-state index contributed by atoms with van der Waals surface area (Å²) in [7, 11) is 0. The van der Waals surface area contributed by atoms with Gasteiger partial charge in [0, 0.05) is 29.8 Å². The summed E-state index contributed by atoms with van der Waals surface area (Å²) in [5, 5.41) is 28.6. The molecule has 12 nitrogen and oxygen atoms in total. The van der Waals surface area contributed by atoms with Crippen LogP contribution in [-0.2, 0) is 14.3 Å². The molecule has 3 aromatic carbocycles. The minimum Gasteiger partial charge on any atom is -0.393 e. The SMILES string of the molecule is CC(C)CC(NC(=O)C(CNC(=O)c1ccc([N+](=O)[O-])cc1)NC(=O)c1cccc(-c2ccccc2)c1)C(=O)C1(CO)CO1. The van der Waals surface area contributed by atoms with E-state index in [2.05, 4.69) is 16.0 Å².